The van der Waals surface area contributed by atoms with Crippen LogP contribution in [0.2, 0.25) is 0 Å². The monoisotopic (exact) mass is 353 g/mol. The zero-order valence-electron chi connectivity index (χ0n) is 12.5. The SMILES string of the molecule is C=CCN(CCc1ccccc1)C(=O)c1sccc1SC(F)F. The van der Waals surface area contributed by atoms with E-state index < -0.39 is 5.76 Å². The minimum atomic E-state index is -2.53. The summed E-state index contributed by atoms with van der Waals surface area (Å²) in [5, 5.41) is 1.67. The lowest BCUT2D eigenvalue weighted by atomic mass is 10.1. The van der Waals surface area contributed by atoms with Crippen LogP contribution in [0.25, 0.3) is 0 Å². The second kappa shape index (κ2) is 8.84. The first-order valence-corrected chi connectivity index (χ1v) is 8.84. The number of hydrogen-bond donors (Lipinski definition) is 0. The van der Waals surface area contributed by atoms with Gasteiger partial charge in [0.2, 0.25) is 0 Å². The molecule has 1 aromatic carbocycles. The van der Waals surface area contributed by atoms with E-state index in [9.17, 15) is 13.6 Å². The maximum Gasteiger partial charge on any atom is 0.288 e. The van der Waals surface area contributed by atoms with Gasteiger partial charge in [-0.3, -0.25) is 4.79 Å². The Morgan fingerprint density at radius 1 is 1.30 bits per heavy atom. The molecule has 6 heteroatoms. The van der Waals surface area contributed by atoms with Gasteiger partial charge in [0.1, 0.15) is 4.88 Å². The molecule has 0 saturated carbocycles. The van der Waals surface area contributed by atoms with Crippen LogP contribution in [0.1, 0.15) is 15.2 Å². The summed E-state index contributed by atoms with van der Waals surface area (Å²) in [4.78, 5) is 15.0. The van der Waals surface area contributed by atoms with E-state index in [1.165, 1.54) is 11.3 Å². The predicted octanol–water partition coefficient (Wildman–Crippen LogP) is 4.93. The Labute approximate surface area is 142 Å². The van der Waals surface area contributed by atoms with E-state index in [0.29, 0.717) is 41.0 Å². The van der Waals surface area contributed by atoms with Gasteiger partial charge in [0.25, 0.3) is 11.7 Å². The maximum atomic E-state index is 12.6. The number of thiophene rings is 1. The molecule has 1 heterocycles. The Kier molecular flexibility index (Phi) is 6.80. The third-order valence-corrected chi connectivity index (χ3v) is 4.99. The van der Waals surface area contributed by atoms with E-state index in [1.807, 2.05) is 30.3 Å². The Hall–Kier alpha value is -1.66. The molecule has 2 rings (SSSR count). The summed E-state index contributed by atoms with van der Waals surface area (Å²) in [5.41, 5.74) is 1.13. The number of halogens is 2. The average molecular weight is 353 g/mol. The molecular weight excluding hydrogens is 336 g/mol. The Morgan fingerprint density at radius 2 is 2.04 bits per heavy atom. The van der Waals surface area contributed by atoms with Crippen molar-refractivity contribution in [3.8, 4) is 0 Å². The van der Waals surface area contributed by atoms with Gasteiger partial charge in [0.15, 0.2) is 0 Å². The smallest absolute Gasteiger partial charge is 0.288 e. The van der Waals surface area contributed by atoms with Gasteiger partial charge in [-0.25, -0.2) is 0 Å². The molecule has 0 saturated heterocycles. The summed E-state index contributed by atoms with van der Waals surface area (Å²) in [7, 11) is 0. The molecule has 1 aromatic heterocycles. The van der Waals surface area contributed by atoms with E-state index in [4.69, 9.17) is 0 Å². The van der Waals surface area contributed by atoms with Crippen LogP contribution in [0.3, 0.4) is 0 Å². The number of amides is 1. The lowest BCUT2D eigenvalue weighted by Crippen LogP contribution is -2.32. The van der Waals surface area contributed by atoms with Crippen LogP contribution >= 0.6 is 23.1 Å². The van der Waals surface area contributed by atoms with Crippen molar-refractivity contribution in [1.82, 2.24) is 4.90 Å². The lowest BCUT2D eigenvalue weighted by Gasteiger charge is -2.21. The first-order valence-electron chi connectivity index (χ1n) is 7.08. The van der Waals surface area contributed by atoms with E-state index in [-0.39, 0.29) is 5.91 Å². The molecule has 0 atom stereocenters. The van der Waals surface area contributed by atoms with Crippen LogP contribution in [0.15, 0.2) is 59.3 Å². The molecule has 0 aliphatic rings. The van der Waals surface area contributed by atoms with Gasteiger partial charge in [0, 0.05) is 18.0 Å². The summed E-state index contributed by atoms with van der Waals surface area (Å²) in [5.74, 6) is -2.76. The summed E-state index contributed by atoms with van der Waals surface area (Å²) >= 11 is 1.61. The van der Waals surface area contributed by atoms with E-state index >= 15 is 0 Å². The minimum absolute atomic E-state index is 0.223. The van der Waals surface area contributed by atoms with Gasteiger partial charge in [-0.15, -0.1) is 17.9 Å². The van der Waals surface area contributed by atoms with Crippen molar-refractivity contribution in [2.24, 2.45) is 0 Å². The lowest BCUT2D eigenvalue weighted by molar-refractivity contribution is 0.0777. The number of alkyl halides is 2. The average Bonchev–Trinajstić information content (AvgIpc) is 2.99. The highest BCUT2D eigenvalue weighted by Crippen LogP contribution is 2.32. The standard InChI is InChI=1S/C17H17F2NOS2/c1-2-10-20(11-8-13-6-4-3-5-7-13)16(21)15-14(9-12-22-15)23-17(18)19/h2-7,9,12,17H,1,8,10-11H2. The Balaban J connectivity index is 2.09. The summed E-state index contributed by atoms with van der Waals surface area (Å²) < 4.78 is 25.2. The first kappa shape index (κ1) is 17.7. The third kappa shape index (κ3) is 5.18. The quantitative estimate of drug-likeness (QED) is 0.495. The molecular formula is C17H17F2NOS2. The Bertz CT molecular complexity index is 643. The van der Waals surface area contributed by atoms with Crippen molar-refractivity contribution in [3.63, 3.8) is 0 Å². The van der Waals surface area contributed by atoms with Crippen LogP contribution in [0.5, 0.6) is 0 Å². The van der Waals surface area contributed by atoms with Crippen LogP contribution < -0.4 is 0 Å². The van der Waals surface area contributed by atoms with E-state index in [1.54, 1.807) is 22.4 Å². The number of nitrogens with zero attached hydrogens (tertiary/aromatic N) is 1. The van der Waals surface area contributed by atoms with Crippen LogP contribution in [-0.4, -0.2) is 29.7 Å². The summed E-state index contributed by atoms with van der Waals surface area (Å²) in [6.45, 7) is 4.58. The maximum absolute atomic E-state index is 12.6. The first-order chi connectivity index (χ1) is 11.1. The molecule has 0 aliphatic carbocycles. The van der Waals surface area contributed by atoms with E-state index in [0.717, 1.165) is 5.56 Å². The zero-order valence-corrected chi connectivity index (χ0v) is 14.1. The van der Waals surface area contributed by atoms with Crippen molar-refractivity contribution < 1.29 is 13.6 Å². The van der Waals surface area contributed by atoms with Gasteiger partial charge in [-0.2, -0.15) is 8.78 Å². The number of hydrogen-bond acceptors (Lipinski definition) is 3. The van der Waals surface area contributed by atoms with Crippen LogP contribution in [-0.2, 0) is 6.42 Å². The topological polar surface area (TPSA) is 20.3 Å². The fourth-order valence-electron chi connectivity index (χ4n) is 2.13. The largest absolute Gasteiger partial charge is 0.334 e. The highest BCUT2D eigenvalue weighted by molar-refractivity contribution is 7.99. The molecule has 2 aromatic rings. The van der Waals surface area contributed by atoms with Gasteiger partial charge in [-0.05, 0) is 23.4 Å². The van der Waals surface area contributed by atoms with Gasteiger partial charge in [0.05, 0.1) is 0 Å². The molecule has 0 N–H and O–H groups in total. The molecule has 0 aliphatic heterocycles. The zero-order chi connectivity index (χ0) is 16.7. The molecule has 2 nitrogen and oxygen atoms in total. The van der Waals surface area contributed by atoms with Gasteiger partial charge >= 0.3 is 0 Å². The second-order valence-corrected chi connectivity index (χ2v) is 6.72. The normalized spacial score (nSPS) is 10.7. The van der Waals surface area contributed by atoms with Gasteiger partial charge < -0.3 is 4.90 Å². The van der Waals surface area contributed by atoms with Crippen molar-refractivity contribution >= 4 is 29.0 Å². The summed E-state index contributed by atoms with van der Waals surface area (Å²) in [6, 6.07) is 11.4. The Morgan fingerprint density at radius 3 is 2.70 bits per heavy atom. The summed E-state index contributed by atoms with van der Waals surface area (Å²) in [6.07, 6.45) is 2.36. The van der Waals surface area contributed by atoms with Gasteiger partial charge in [-0.1, -0.05) is 48.2 Å². The number of rotatable bonds is 8. The minimum Gasteiger partial charge on any atom is -0.334 e. The van der Waals surface area contributed by atoms with Crippen LogP contribution in [0.4, 0.5) is 8.78 Å². The van der Waals surface area contributed by atoms with Crippen molar-refractivity contribution in [2.45, 2.75) is 17.1 Å². The molecule has 0 radical (unpaired) electrons. The molecule has 0 bridgehead atoms. The fraction of sp³-hybridized carbons (Fsp3) is 0.235. The molecule has 122 valence electrons. The fourth-order valence-corrected chi connectivity index (χ4v) is 3.79. The molecule has 0 unspecified atom stereocenters. The van der Waals surface area contributed by atoms with Crippen molar-refractivity contribution in [3.05, 3.63) is 64.9 Å². The van der Waals surface area contributed by atoms with Crippen molar-refractivity contribution in [2.75, 3.05) is 13.1 Å². The molecule has 23 heavy (non-hydrogen) atoms. The van der Waals surface area contributed by atoms with E-state index in [2.05, 4.69) is 6.58 Å². The number of carbonyl (C=O) groups excluding carboxylic acids is 1. The van der Waals surface area contributed by atoms with Crippen LogP contribution in [0, 0.1) is 0 Å². The number of thioether (sulfide) groups is 1. The van der Waals surface area contributed by atoms with Crippen molar-refractivity contribution in [1.29, 1.82) is 0 Å². The predicted molar refractivity (Wildman–Crippen MR) is 92.4 cm³/mol. The number of carbonyl (C=O) groups is 1. The molecule has 0 spiro atoms. The highest BCUT2D eigenvalue weighted by Gasteiger charge is 2.21. The highest BCUT2D eigenvalue weighted by atomic mass is 32.2. The number of benzene rings is 1. The molecule has 0 fully saturated rings. The second-order valence-electron chi connectivity index (χ2n) is 4.77. The molecule has 1 amide bonds. The third-order valence-electron chi connectivity index (χ3n) is 3.19.